The molecule has 0 aliphatic heterocycles. The number of carbonyl (C=O) groups is 1. The molecular weight excluding hydrogens is 300 g/mol. The van der Waals surface area contributed by atoms with Crippen molar-refractivity contribution in [2.75, 3.05) is 6.61 Å². The first kappa shape index (κ1) is 15.1. The van der Waals surface area contributed by atoms with E-state index in [-0.39, 0.29) is 23.9 Å². The quantitative estimate of drug-likeness (QED) is 0.863. The van der Waals surface area contributed by atoms with E-state index in [0.717, 1.165) is 4.74 Å². The average Bonchev–Trinajstić information content (AvgIpc) is 2.74. The van der Waals surface area contributed by atoms with Crippen molar-refractivity contribution >= 4 is 17.7 Å². The number of benzene rings is 1. The number of rotatable bonds is 5. The summed E-state index contributed by atoms with van der Waals surface area (Å²) in [6.07, 6.45) is -2.15. The standard InChI is InChI=1S/C13H13ClN2O5/c14-10-11(8-4-2-1-3-5-8)21-16(12(10)18)6-9(17)7-20-13(15)19/h1-5,9,17H,6-7H2,(H2,15,19). The van der Waals surface area contributed by atoms with Crippen molar-refractivity contribution in [3.63, 3.8) is 0 Å². The Kier molecular flexibility index (Phi) is 4.66. The van der Waals surface area contributed by atoms with Crippen molar-refractivity contribution in [1.82, 2.24) is 4.74 Å². The molecule has 0 fully saturated rings. The molecule has 0 aliphatic carbocycles. The number of amides is 1. The van der Waals surface area contributed by atoms with Crippen molar-refractivity contribution < 1.29 is 19.2 Å². The van der Waals surface area contributed by atoms with Crippen LogP contribution >= 0.6 is 11.6 Å². The minimum atomic E-state index is -1.14. The van der Waals surface area contributed by atoms with Crippen molar-refractivity contribution in [2.45, 2.75) is 12.6 Å². The van der Waals surface area contributed by atoms with Crippen LogP contribution in [-0.4, -0.2) is 28.7 Å². The fourth-order valence-corrected chi connectivity index (χ4v) is 1.95. The Bertz CT molecular complexity index is 680. The van der Waals surface area contributed by atoms with E-state index in [0.29, 0.717) is 5.56 Å². The molecule has 1 aromatic carbocycles. The van der Waals surface area contributed by atoms with Crippen molar-refractivity contribution in [3.8, 4) is 11.3 Å². The zero-order valence-corrected chi connectivity index (χ0v) is 11.6. The van der Waals surface area contributed by atoms with Gasteiger partial charge in [-0.05, 0) is 0 Å². The molecule has 1 amide bonds. The Balaban J connectivity index is 2.19. The smallest absolute Gasteiger partial charge is 0.404 e. The highest BCUT2D eigenvalue weighted by molar-refractivity contribution is 6.32. The number of ether oxygens (including phenoxy) is 1. The van der Waals surface area contributed by atoms with Crippen LogP contribution in [0.15, 0.2) is 39.6 Å². The van der Waals surface area contributed by atoms with Gasteiger partial charge in [0.25, 0.3) is 0 Å². The highest BCUT2D eigenvalue weighted by Gasteiger charge is 2.19. The van der Waals surface area contributed by atoms with E-state index in [1.165, 1.54) is 0 Å². The Morgan fingerprint density at radius 3 is 2.71 bits per heavy atom. The molecule has 1 aromatic heterocycles. The van der Waals surface area contributed by atoms with Gasteiger partial charge in [-0.15, -0.1) is 0 Å². The summed E-state index contributed by atoms with van der Waals surface area (Å²) < 4.78 is 10.7. The molecule has 1 heterocycles. The number of aromatic nitrogens is 1. The van der Waals surface area contributed by atoms with E-state index in [9.17, 15) is 14.7 Å². The van der Waals surface area contributed by atoms with Crippen LogP contribution in [-0.2, 0) is 11.3 Å². The van der Waals surface area contributed by atoms with Crippen molar-refractivity contribution in [1.29, 1.82) is 0 Å². The normalized spacial score (nSPS) is 12.1. The van der Waals surface area contributed by atoms with Gasteiger partial charge >= 0.3 is 11.7 Å². The van der Waals surface area contributed by atoms with Gasteiger partial charge in [0.15, 0.2) is 10.8 Å². The minimum absolute atomic E-state index is 0.0794. The second-order valence-corrected chi connectivity index (χ2v) is 4.63. The van der Waals surface area contributed by atoms with E-state index in [2.05, 4.69) is 4.74 Å². The third-order valence-electron chi connectivity index (χ3n) is 2.65. The molecule has 21 heavy (non-hydrogen) atoms. The van der Waals surface area contributed by atoms with Gasteiger partial charge < -0.3 is 20.1 Å². The monoisotopic (exact) mass is 312 g/mol. The molecule has 0 spiro atoms. The third-order valence-corrected chi connectivity index (χ3v) is 2.98. The highest BCUT2D eigenvalue weighted by atomic mass is 35.5. The van der Waals surface area contributed by atoms with Gasteiger partial charge in [0.05, 0.1) is 6.54 Å². The van der Waals surface area contributed by atoms with Crippen LogP contribution < -0.4 is 11.3 Å². The molecule has 1 unspecified atom stereocenters. The lowest BCUT2D eigenvalue weighted by atomic mass is 10.2. The van der Waals surface area contributed by atoms with E-state index in [1.807, 2.05) is 6.07 Å². The predicted octanol–water partition coefficient (Wildman–Crippen LogP) is 1.22. The van der Waals surface area contributed by atoms with E-state index < -0.39 is 17.8 Å². The third kappa shape index (κ3) is 3.65. The first-order chi connectivity index (χ1) is 9.99. The Morgan fingerprint density at radius 2 is 2.10 bits per heavy atom. The van der Waals surface area contributed by atoms with E-state index in [1.54, 1.807) is 24.3 Å². The number of carbonyl (C=O) groups excluding carboxylic acids is 1. The number of hydrogen-bond acceptors (Lipinski definition) is 5. The number of nitrogens with zero attached hydrogens (tertiary/aromatic N) is 1. The SMILES string of the molecule is NC(=O)OCC(O)Cn1oc(-c2ccccc2)c(Cl)c1=O. The number of nitrogens with two attached hydrogens (primary N) is 1. The van der Waals surface area contributed by atoms with Crippen LogP contribution in [0, 0.1) is 0 Å². The molecule has 2 rings (SSSR count). The Morgan fingerprint density at radius 1 is 1.43 bits per heavy atom. The number of aliphatic hydroxyl groups excluding tert-OH is 1. The van der Waals surface area contributed by atoms with Gasteiger partial charge in [-0.2, -0.15) is 4.74 Å². The molecule has 0 aliphatic rings. The van der Waals surface area contributed by atoms with E-state index >= 15 is 0 Å². The summed E-state index contributed by atoms with van der Waals surface area (Å²) in [5.74, 6) is 0.213. The lowest BCUT2D eigenvalue weighted by Gasteiger charge is -2.09. The molecule has 2 aromatic rings. The van der Waals surface area contributed by atoms with E-state index in [4.69, 9.17) is 21.9 Å². The summed E-state index contributed by atoms with van der Waals surface area (Å²) >= 11 is 5.95. The van der Waals surface area contributed by atoms with Crippen molar-refractivity contribution in [3.05, 3.63) is 45.7 Å². The summed E-state index contributed by atoms with van der Waals surface area (Å²) in [6, 6.07) is 8.84. The van der Waals surface area contributed by atoms with Crippen LogP contribution in [0.25, 0.3) is 11.3 Å². The Labute approximate surface area is 124 Å². The van der Waals surface area contributed by atoms with Crippen LogP contribution in [0.1, 0.15) is 0 Å². The summed E-state index contributed by atoms with van der Waals surface area (Å²) in [5.41, 5.74) is 4.85. The lowest BCUT2D eigenvalue weighted by molar-refractivity contribution is 0.0453. The zero-order chi connectivity index (χ0) is 15.4. The minimum Gasteiger partial charge on any atom is -0.447 e. The molecule has 8 heteroatoms. The second kappa shape index (κ2) is 6.47. The molecular formula is C13H13ClN2O5. The van der Waals surface area contributed by atoms with Gasteiger partial charge in [0.2, 0.25) is 0 Å². The molecule has 1 atom stereocenters. The number of halogens is 1. The lowest BCUT2D eigenvalue weighted by Crippen LogP contribution is -2.29. The van der Waals surface area contributed by atoms with Gasteiger partial charge in [-0.25, -0.2) is 4.79 Å². The van der Waals surface area contributed by atoms with Gasteiger partial charge in [0, 0.05) is 5.56 Å². The summed E-state index contributed by atoms with van der Waals surface area (Å²) in [7, 11) is 0. The predicted molar refractivity (Wildman–Crippen MR) is 75.0 cm³/mol. The number of aliphatic hydroxyl groups is 1. The fraction of sp³-hybridized carbons (Fsp3) is 0.231. The van der Waals surface area contributed by atoms with Gasteiger partial charge in [-0.1, -0.05) is 41.9 Å². The average molecular weight is 313 g/mol. The van der Waals surface area contributed by atoms with Crippen LogP contribution in [0.5, 0.6) is 0 Å². The number of primary amides is 1. The molecule has 0 bridgehead atoms. The molecule has 7 nitrogen and oxygen atoms in total. The maximum absolute atomic E-state index is 11.9. The molecule has 0 radical (unpaired) electrons. The van der Waals surface area contributed by atoms with Crippen LogP contribution in [0.3, 0.4) is 0 Å². The first-order valence-electron chi connectivity index (χ1n) is 6.04. The molecule has 112 valence electrons. The van der Waals surface area contributed by atoms with Gasteiger partial charge in [-0.3, -0.25) is 4.79 Å². The highest BCUT2D eigenvalue weighted by Crippen LogP contribution is 2.25. The Hall–Kier alpha value is -2.25. The second-order valence-electron chi connectivity index (χ2n) is 4.25. The maximum Gasteiger partial charge on any atom is 0.404 e. The van der Waals surface area contributed by atoms with Crippen LogP contribution in [0.2, 0.25) is 5.02 Å². The summed E-state index contributed by atoms with van der Waals surface area (Å²) in [4.78, 5) is 22.4. The maximum atomic E-state index is 11.9. The largest absolute Gasteiger partial charge is 0.447 e. The van der Waals surface area contributed by atoms with Crippen molar-refractivity contribution in [2.24, 2.45) is 5.73 Å². The van der Waals surface area contributed by atoms with Crippen LogP contribution in [0.4, 0.5) is 4.79 Å². The number of hydrogen-bond donors (Lipinski definition) is 2. The fourth-order valence-electron chi connectivity index (χ4n) is 1.71. The summed E-state index contributed by atoms with van der Waals surface area (Å²) in [6.45, 7) is -0.556. The van der Waals surface area contributed by atoms with Gasteiger partial charge in [0.1, 0.15) is 12.7 Å². The molecule has 0 saturated heterocycles. The molecule has 3 N–H and O–H groups in total. The zero-order valence-electron chi connectivity index (χ0n) is 10.9. The summed E-state index contributed by atoms with van der Waals surface area (Å²) in [5, 5.41) is 9.57. The molecule has 0 saturated carbocycles. The first-order valence-corrected chi connectivity index (χ1v) is 6.42. The topological polar surface area (TPSA) is 108 Å².